The Hall–Kier alpha value is -0.980. The minimum atomic E-state index is -4.70. The number of hydrogen-bond acceptors (Lipinski definition) is 2. The normalized spacial score (nSPS) is 18.7. The highest BCUT2D eigenvalue weighted by atomic mass is 35.5. The smallest absolute Gasteiger partial charge is 0.380 e. The highest BCUT2D eigenvalue weighted by Gasteiger charge is 2.54. The van der Waals surface area contributed by atoms with Crippen molar-refractivity contribution in [2.45, 2.75) is 24.6 Å². The van der Waals surface area contributed by atoms with Crippen LogP contribution in [0.4, 0.5) is 13.2 Å². The van der Waals surface area contributed by atoms with Gasteiger partial charge in [0.05, 0.1) is 10.6 Å². The molecule has 0 atom stereocenters. The largest absolute Gasteiger partial charge is 0.417 e. The van der Waals surface area contributed by atoms with Gasteiger partial charge in [-0.15, -0.1) is 0 Å². The predicted octanol–water partition coefficient (Wildman–Crippen LogP) is 3.52. The number of aliphatic hydroxyl groups is 1. The zero-order chi connectivity index (χ0) is 15.8. The summed E-state index contributed by atoms with van der Waals surface area (Å²) in [7, 11) is 0. The lowest BCUT2D eigenvalue weighted by atomic mass is 9.90. The molecule has 0 aromatic heterocycles. The number of halogens is 5. The van der Waals surface area contributed by atoms with Gasteiger partial charge in [0.25, 0.3) is 5.91 Å². The third-order valence-corrected chi connectivity index (χ3v) is 4.13. The first-order valence-electron chi connectivity index (χ1n) is 6.17. The molecule has 0 spiro atoms. The number of nitrogens with zero attached hydrogens (tertiary/aromatic N) is 1. The molecule has 1 aliphatic rings. The van der Waals surface area contributed by atoms with Crippen LogP contribution in [-0.2, 0) is 0 Å². The summed E-state index contributed by atoms with van der Waals surface area (Å²) in [5, 5.41) is 10.1. The fourth-order valence-electron chi connectivity index (χ4n) is 2.19. The minimum Gasteiger partial charge on any atom is -0.380 e. The summed E-state index contributed by atoms with van der Waals surface area (Å²) < 4.78 is 38.1. The molecule has 1 N–H and O–H groups in total. The van der Waals surface area contributed by atoms with Crippen LogP contribution >= 0.6 is 23.2 Å². The van der Waals surface area contributed by atoms with Crippen LogP contribution in [0.1, 0.15) is 23.2 Å². The van der Waals surface area contributed by atoms with Gasteiger partial charge in [0.15, 0.2) is 5.60 Å². The summed E-state index contributed by atoms with van der Waals surface area (Å²) in [5.41, 5.74) is -2.59. The van der Waals surface area contributed by atoms with Gasteiger partial charge in [0.2, 0.25) is 0 Å². The minimum absolute atomic E-state index is 0.140. The molecule has 1 fully saturated rings. The van der Waals surface area contributed by atoms with Gasteiger partial charge < -0.3 is 10.0 Å². The van der Waals surface area contributed by atoms with E-state index in [2.05, 4.69) is 0 Å². The number of carbonyl (C=O) groups is 1. The van der Waals surface area contributed by atoms with Crippen molar-refractivity contribution in [1.29, 1.82) is 0 Å². The van der Waals surface area contributed by atoms with Crippen LogP contribution in [0.2, 0.25) is 10.0 Å². The van der Waals surface area contributed by atoms with Crippen molar-refractivity contribution in [2.24, 2.45) is 0 Å². The van der Waals surface area contributed by atoms with E-state index in [4.69, 9.17) is 23.2 Å². The maximum absolute atomic E-state index is 12.7. The Labute approximate surface area is 129 Å². The number of amides is 1. The molecule has 0 unspecified atom stereocenters. The first kappa shape index (κ1) is 16.4. The van der Waals surface area contributed by atoms with Crippen LogP contribution in [0.25, 0.3) is 0 Å². The fraction of sp³-hybridized carbons (Fsp3) is 0.462. The van der Waals surface area contributed by atoms with Crippen molar-refractivity contribution in [1.82, 2.24) is 4.90 Å². The molecule has 0 saturated carbocycles. The van der Waals surface area contributed by atoms with Gasteiger partial charge in [0.1, 0.15) is 0 Å². The van der Waals surface area contributed by atoms with Crippen LogP contribution in [0, 0.1) is 0 Å². The van der Waals surface area contributed by atoms with Gasteiger partial charge in [-0.25, -0.2) is 0 Å². The summed E-state index contributed by atoms with van der Waals surface area (Å²) in [6.07, 6.45) is -5.81. The summed E-state index contributed by atoms with van der Waals surface area (Å²) in [6.45, 7) is -0.393. The van der Waals surface area contributed by atoms with Crippen LogP contribution in [0.3, 0.4) is 0 Å². The van der Waals surface area contributed by atoms with Gasteiger partial charge in [-0.3, -0.25) is 4.79 Å². The lowest BCUT2D eigenvalue weighted by molar-refractivity contribution is -0.271. The van der Waals surface area contributed by atoms with Crippen molar-refractivity contribution in [3.8, 4) is 0 Å². The highest BCUT2D eigenvalue weighted by Crippen LogP contribution is 2.38. The first-order chi connectivity index (χ1) is 9.64. The summed E-state index contributed by atoms with van der Waals surface area (Å²) in [4.78, 5) is 13.5. The fourth-order valence-corrected chi connectivity index (χ4v) is 2.57. The van der Waals surface area contributed by atoms with E-state index in [0.29, 0.717) is 5.02 Å². The molecule has 0 aliphatic carbocycles. The SMILES string of the molecule is O=C(c1cc(Cl)ccc1Cl)N1CCC(O)(C(F)(F)F)CC1. The number of benzene rings is 1. The van der Waals surface area contributed by atoms with E-state index in [0.717, 1.165) is 0 Å². The van der Waals surface area contributed by atoms with Crippen molar-refractivity contribution >= 4 is 29.1 Å². The van der Waals surface area contributed by atoms with E-state index in [-0.39, 0.29) is 23.7 Å². The first-order valence-corrected chi connectivity index (χ1v) is 6.93. The second kappa shape index (κ2) is 5.66. The molecule has 1 aromatic rings. The molecule has 116 valence electrons. The lowest BCUT2D eigenvalue weighted by Gasteiger charge is -2.39. The molecule has 1 saturated heterocycles. The molecule has 1 heterocycles. The second-order valence-electron chi connectivity index (χ2n) is 4.95. The standard InChI is InChI=1S/C13H12Cl2F3NO2/c14-8-1-2-10(15)9(7-8)11(20)19-5-3-12(21,4-6-19)13(16,17)18/h1-2,7,21H,3-6H2. The molecule has 0 radical (unpaired) electrons. The van der Waals surface area contributed by atoms with E-state index >= 15 is 0 Å². The Morgan fingerprint density at radius 2 is 1.81 bits per heavy atom. The van der Waals surface area contributed by atoms with Crippen molar-refractivity contribution in [2.75, 3.05) is 13.1 Å². The molecule has 2 rings (SSSR count). The van der Waals surface area contributed by atoms with Crippen LogP contribution in [0.15, 0.2) is 18.2 Å². The summed E-state index contributed by atoms with van der Waals surface area (Å²) in [5.74, 6) is -0.494. The number of rotatable bonds is 1. The lowest BCUT2D eigenvalue weighted by Crippen LogP contribution is -2.54. The predicted molar refractivity (Wildman–Crippen MR) is 72.6 cm³/mol. The van der Waals surface area contributed by atoms with Crippen LogP contribution in [0.5, 0.6) is 0 Å². The molecule has 8 heteroatoms. The van der Waals surface area contributed by atoms with Gasteiger partial charge in [-0.05, 0) is 18.2 Å². The average molecular weight is 342 g/mol. The number of hydrogen-bond donors (Lipinski definition) is 1. The van der Waals surface area contributed by atoms with Crippen molar-refractivity contribution < 1.29 is 23.1 Å². The summed E-state index contributed by atoms with van der Waals surface area (Å²) in [6, 6.07) is 4.34. The van der Waals surface area contributed by atoms with Crippen LogP contribution in [-0.4, -0.2) is 40.8 Å². The topological polar surface area (TPSA) is 40.5 Å². The average Bonchev–Trinajstić information content (AvgIpc) is 2.40. The Morgan fingerprint density at radius 3 is 2.33 bits per heavy atom. The van der Waals surface area contributed by atoms with E-state index in [1.807, 2.05) is 0 Å². The van der Waals surface area contributed by atoms with Gasteiger partial charge in [-0.1, -0.05) is 23.2 Å². The Kier molecular flexibility index (Phi) is 4.42. The van der Waals surface area contributed by atoms with Crippen molar-refractivity contribution in [3.05, 3.63) is 33.8 Å². The second-order valence-corrected chi connectivity index (χ2v) is 5.79. The third-order valence-electron chi connectivity index (χ3n) is 3.56. The molecule has 3 nitrogen and oxygen atoms in total. The maximum atomic E-state index is 12.7. The monoisotopic (exact) mass is 341 g/mol. The van der Waals surface area contributed by atoms with E-state index in [9.17, 15) is 23.1 Å². The van der Waals surface area contributed by atoms with Gasteiger partial charge in [0, 0.05) is 31.0 Å². The number of likely N-dealkylation sites (tertiary alicyclic amines) is 1. The molecular weight excluding hydrogens is 330 g/mol. The molecular formula is C13H12Cl2F3NO2. The Bertz CT molecular complexity index is 555. The molecule has 1 amide bonds. The maximum Gasteiger partial charge on any atom is 0.417 e. The number of carbonyl (C=O) groups excluding carboxylic acids is 1. The quantitative estimate of drug-likeness (QED) is 0.848. The zero-order valence-corrected chi connectivity index (χ0v) is 12.3. The molecule has 1 aromatic carbocycles. The summed E-state index contributed by atoms with van der Waals surface area (Å²) >= 11 is 11.7. The molecule has 21 heavy (non-hydrogen) atoms. The highest BCUT2D eigenvalue weighted by molar-refractivity contribution is 6.35. The zero-order valence-electron chi connectivity index (χ0n) is 10.8. The molecule has 1 aliphatic heterocycles. The van der Waals surface area contributed by atoms with Gasteiger partial charge in [-0.2, -0.15) is 13.2 Å². The number of alkyl halides is 3. The van der Waals surface area contributed by atoms with E-state index < -0.39 is 30.5 Å². The number of piperidine rings is 1. The van der Waals surface area contributed by atoms with E-state index in [1.54, 1.807) is 0 Å². The van der Waals surface area contributed by atoms with Crippen molar-refractivity contribution in [3.63, 3.8) is 0 Å². The molecule has 0 bridgehead atoms. The van der Waals surface area contributed by atoms with Crippen LogP contribution < -0.4 is 0 Å². The van der Waals surface area contributed by atoms with Gasteiger partial charge >= 0.3 is 6.18 Å². The Morgan fingerprint density at radius 1 is 1.24 bits per heavy atom. The Balaban J connectivity index is 2.12. The van der Waals surface area contributed by atoms with E-state index in [1.165, 1.54) is 23.1 Å². The third kappa shape index (κ3) is 3.27.